The zero-order valence-electron chi connectivity index (χ0n) is 12.5. The van der Waals surface area contributed by atoms with Crippen molar-refractivity contribution in [2.45, 2.75) is 6.73 Å². The molecule has 0 aliphatic rings. The molecule has 0 amide bonds. The molecule has 120 valence electrons. The average Bonchev–Trinajstić information content (AvgIpc) is 3.21. The van der Waals surface area contributed by atoms with Crippen molar-refractivity contribution in [2.75, 3.05) is 20.3 Å². The Morgan fingerprint density at radius 1 is 1.22 bits per heavy atom. The highest BCUT2D eigenvalue weighted by Crippen LogP contribution is 2.33. The number of benzene rings is 1. The van der Waals surface area contributed by atoms with Crippen molar-refractivity contribution in [2.24, 2.45) is 0 Å². The number of phenols is 1. The van der Waals surface area contributed by atoms with Gasteiger partial charge in [-0.25, -0.2) is 9.67 Å². The van der Waals surface area contributed by atoms with Crippen LogP contribution in [-0.4, -0.2) is 45.4 Å². The third kappa shape index (κ3) is 3.73. The van der Waals surface area contributed by atoms with Crippen LogP contribution in [0, 0.1) is 0 Å². The second kappa shape index (κ2) is 7.32. The number of para-hydroxylation sites is 1. The third-order valence-corrected chi connectivity index (χ3v) is 3.97. The van der Waals surface area contributed by atoms with E-state index in [1.807, 2.05) is 17.5 Å². The quantitative estimate of drug-likeness (QED) is 0.669. The summed E-state index contributed by atoms with van der Waals surface area (Å²) in [5.74, 6) is 0.212. The summed E-state index contributed by atoms with van der Waals surface area (Å²) < 4.78 is 11.9. The molecule has 0 aliphatic carbocycles. The number of rotatable bonds is 7. The first-order valence-electron chi connectivity index (χ1n) is 6.99. The molecule has 3 aromatic rings. The van der Waals surface area contributed by atoms with Gasteiger partial charge in [-0.1, -0.05) is 17.3 Å². The van der Waals surface area contributed by atoms with Crippen LogP contribution in [0.2, 0.25) is 0 Å². The third-order valence-electron chi connectivity index (χ3n) is 3.10. The maximum atomic E-state index is 9.90. The molecule has 8 heteroatoms. The molecular formula is C15H16N4O3S. The van der Waals surface area contributed by atoms with Gasteiger partial charge >= 0.3 is 0 Å². The highest BCUT2D eigenvalue weighted by molar-refractivity contribution is 7.13. The van der Waals surface area contributed by atoms with Gasteiger partial charge in [0.25, 0.3) is 0 Å². The van der Waals surface area contributed by atoms with E-state index in [4.69, 9.17) is 9.47 Å². The van der Waals surface area contributed by atoms with Crippen molar-refractivity contribution >= 4 is 11.3 Å². The summed E-state index contributed by atoms with van der Waals surface area (Å²) in [5.41, 5.74) is 2.09. The van der Waals surface area contributed by atoms with Gasteiger partial charge in [-0.2, -0.15) is 0 Å². The molecule has 0 spiro atoms. The lowest BCUT2D eigenvalue weighted by atomic mass is 10.2. The Morgan fingerprint density at radius 2 is 2.09 bits per heavy atom. The normalized spacial score (nSPS) is 11.0. The molecular weight excluding hydrogens is 316 g/mol. The largest absolute Gasteiger partial charge is 0.507 e. The van der Waals surface area contributed by atoms with E-state index in [9.17, 15) is 5.11 Å². The number of phenolic OH excluding ortho intramolecular Hbond substituents is 1. The number of hydrogen-bond acceptors (Lipinski definition) is 7. The minimum atomic E-state index is 0.212. The first-order valence-corrected chi connectivity index (χ1v) is 7.87. The van der Waals surface area contributed by atoms with Crippen LogP contribution in [0.15, 0.2) is 35.8 Å². The first kappa shape index (κ1) is 15.6. The van der Waals surface area contributed by atoms with Crippen molar-refractivity contribution in [1.29, 1.82) is 0 Å². The molecule has 1 N–H and O–H groups in total. The van der Waals surface area contributed by atoms with Gasteiger partial charge in [0.05, 0.1) is 25.0 Å². The topological polar surface area (TPSA) is 82.3 Å². The molecule has 2 heterocycles. The molecule has 0 radical (unpaired) electrons. The van der Waals surface area contributed by atoms with Crippen LogP contribution in [0.3, 0.4) is 0 Å². The molecule has 0 atom stereocenters. The Balaban J connectivity index is 1.71. The predicted octanol–water partition coefficient (Wildman–Crippen LogP) is 2.39. The van der Waals surface area contributed by atoms with E-state index >= 15 is 0 Å². The number of aromatic nitrogens is 4. The van der Waals surface area contributed by atoms with E-state index in [1.165, 1.54) is 11.3 Å². The number of nitrogens with zero attached hydrogens (tertiary/aromatic N) is 4. The van der Waals surface area contributed by atoms with Crippen molar-refractivity contribution in [3.05, 3.63) is 35.8 Å². The predicted molar refractivity (Wildman–Crippen MR) is 86.1 cm³/mol. The fraction of sp³-hybridized carbons (Fsp3) is 0.267. The van der Waals surface area contributed by atoms with E-state index in [-0.39, 0.29) is 5.75 Å². The molecule has 1 aromatic carbocycles. The lowest BCUT2D eigenvalue weighted by Crippen LogP contribution is -2.07. The van der Waals surface area contributed by atoms with E-state index in [0.29, 0.717) is 31.2 Å². The number of thiazole rings is 1. The zero-order chi connectivity index (χ0) is 16.1. The first-order chi connectivity index (χ1) is 11.3. The Kier molecular flexibility index (Phi) is 4.96. The highest BCUT2D eigenvalue weighted by Gasteiger charge is 2.12. The summed E-state index contributed by atoms with van der Waals surface area (Å²) in [6, 6.07) is 7.12. The van der Waals surface area contributed by atoms with Crippen LogP contribution in [0.5, 0.6) is 5.75 Å². The summed E-state index contributed by atoms with van der Waals surface area (Å²) in [4.78, 5) is 4.52. The maximum absolute atomic E-state index is 9.90. The molecule has 0 unspecified atom stereocenters. The molecule has 0 aliphatic heterocycles. The molecule has 23 heavy (non-hydrogen) atoms. The monoisotopic (exact) mass is 332 g/mol. The number of methoxy groups -OCH3 is 1. The lowest BCUT2D eigenvalue weighted by Gasteiger charge is -2.01. The molecule has 7 nitrogen and oxygen atoms in total. The van der Waals surface area contributed by atoms with Crippen LogP contribution < -0.4 is 0 Å². The molecule has 0 saturated carbocycles. The number of hydrogen-bond donors (Lipinski definition) is 1. The molecule has 0 fully saturated rings. The van der Waals surface area contributed by atoms with Crippen molar-refractivity contribution < 1.29 is 14.6 Å². The molecule has 3 rings (SSSR count). The minimum absolute atomic E-state index is 0.212. The van der Waals surface area contributed by atoms with Gasteiger partial charge in [-0.05, 0) is 12.1 Å². The van der Waals surface area contributed by atoms with Gasteiger partial charge in [0.15, 0.2) is 0 Å². The Morgan fingerprint density at radius 3 is 2.91 bits per heavy atom. The summed E-state index contributed by atoms with van der Waals surface area (Å²) >= 11 is 1.45. The second-order valence-electron chi connectivity index (χ2n) is 4.73. The van der Waals surface area contributed by atoms with E-state index in [2.05, 4.69) is 15.3 Å². The lowest BCUT2D eigenvalue weighted by molar-refractivity contribution is 0.0281. The van der Waals surface area contributed by atoms with Gasteiger partial charge in [0.2, 0.25) is 0 Å². The minimum Gasteiger partial charge on any atom is -0.507 e. The Labute approximate surface area is 137 Å². The molecule has 0 bridgehead atoms. The molecule has 0 saturated heterocycles. The van der Waals surface area contributed by atoms with Gasteiger partial charge in [0, 0.05) is 12.5 Å². The van der Waals surface area contributed by atoms with Crippen LogP contribution in [-0.2, 0) is 16.2 Å². The van der Waals surface area contributed by atoms with Crippen LogP contribution in [0.25, 0.3) is 22.0 Å². The van der Waals surface area contributed by atoms with Crippen LogP contribution in [0.4, 0.5) is 0 Å². The average molecular weight is 332 g/mol. The van der Waals surface area contributed by atoms with Gasteiger partial charge < -0.3 is 14.6 Å². The fourth-order valence-electron chi connectivity index (χ4n) is 1.95. The maximum Gasteiger partial charge on any atom is 0.141 e. The number of aromatic hydroxyl groups is 1. The number of ether oxygens (including phenoxy) is 2. The fourth-order valence-corrected chi connectivity index (χ4v) is 2.80. The van der Waals surface area contributed by atoms with Crippen molar-refractivity contribution in [3.8, 4) is 27.7 Å². The Bertz CT molecular complexity index is 771. The highest BCUT2D eigenvalue weighted by atomic mass is 32.1. The van der Waals surface area contributed by atoms with Crippen LogP contribution in [0.1, 0.15) is 0 Å². The van der Waals surface area contributed by atoms with Crippen molar-refractivity contribution in [1.82, 2.24) is 20.0 Å². The van der Waals surface area contributed by atoms with E-state index < -0.39 is 0 Å². The summed E-state index contributed by atoms with van der Waals surface area (Å²) in [6.45, 7) is 1.35. The smallest absolute Gasteiger partial charge is 0.141 e. The van der Waals surface area contributed by atoms with Gasteiger partial charge in [-0.15, -0.1) is 16.4 Å². The summed E-state index contributed by atoms with van der Waals surface area (Å²) in [6.07, 6.45) is 1.77. The Hall–Kier alpha value is -2.29. The SMILES string of the molecule is COCCOCn1cc(-c2csc(-c3ccccc3O)n2)nn1. The summed E-state index contributed by atoms with van der Waals surface area (Å²) in [5, 5.41) is 20.6. The van der Waals surface area contributed by atoms with E-state index in [1.54, 1.807) is 30.1 Å². The zero-order valence-corrected chi connectivity index (χ0v) is 13.4. The summed E-state index contributed by atoms with van der Waals surface area (Å²) in [7, 11) is 1.63. The van der Waals surface area contributed by atoms with E-state index in [0.717, 1.165) is 10.7 Å². The van der Waals surface area contributed by atoms with Gasteiger partial charge in [-0.3, -0.25) is 0 Å². The van der Waals surface area contributed by atoms with Gasteiger partial charge in [0.1, 0.15) is 28.9 Å². The second-order valence-corrected chi connectivity index (χ2v) is 5.59. The van der Waals surface area contributed by atoms with Crippen molar-refractivity contribution in [3.63, 3.8) is 0 Å². The van der Waals surface area contributed by atoms with Crippen LogP contribution >= 0.6 is 11.3 Å². The molecule has 2 aromatic heterocycles. The standard InChI is InChI=1S/C15H16N4O3S/c1-21-6-7-22-10-19-8-12(17-18-19)13-9-23-15(16-13)11-4-2-3-5-14(11)20/h2-5,8-9,20H,6-7,10H2,1H3.